The van der Waals surface area contributed by atoms with Gasteiger partial charge in [-0.25, -0.2) is 9.78 Å². The lowest BCUT2D eigenvalue weighted by atomic mass is 10.2. The van der Waals surface area contributed by atoms with Crippen LogP contribution in [0.3, 0.4) is 0 Å². The summed E-state index contributed by atoms with van der Waals surface area (Å²) in [5.41, 5.74) is 0.774. The molecule has 1 aromatic heterocycles. The number of nitrogens with zero attached hydrogens (tertiary/aromatic N) is 4. The number of carbonyl (C=O) groups is 1. The highest BCUT2D eigenvalue weighted by atomic mass is 16.2. The van der Waals surface area contributed by atoms with Crippen molar-refractivity contribution in [2.45, 2.75) is 53.6 Å². The van der Waals surface area contributed by atoms with Crippen LogP contribution in [0.25, 0.3) is 0 Å². The SMILES string of the molecule is [2H]C([2H])([2H])c1cc(C)nc(N(CCN(C(C)C)C(C)C)C(=O)N(C)C)c1. The Morgan fingerprint density at radius 2 is 1.78 bits per heavy atom. The number of aryl methyl sites for hydroxylation is 2. The third kappa shape index (κ3) is 5.50. The zero-order chi connectivity index (χ0) is 20.2. The van der Waals surface area contributed by atoms with Gasteiger partial charge in [0.1, 0.15) is 5.82 Å². The standard InChI is InChI=1S/C18H32N4O/c1-13(2)21(14(3)4)9-10-22(18(23)20(7)8)17-12-15(5)11-16(6)19-17/h11-14H,9-10H2,1-8H3/i5D3. The molecule has 5 heteroatoms. The maximum absolute atomic E-state index is 12.7. The largest absolute Gasteiger partial charge is 0.330 e. The molecular weight excluding hydrogens is 288 g/mol. The lowest BCUT2D eigenvalue weighted by Crippen LogP contribution is -2.47. The Morgan fingerprint density at radius 1 is 1.17 bits per heavy atom. The van der Waals surface area contributed by atoms with Crippen molar-refractivity contribution in [1.29, 1.82) is 0 Å². The normalized spacial score (nSPS) is 13.9. The van der Waals surface area contributed by atoms with Gasteiger partial charge in [-0.3, -0.25) is 9.80 Å². The van der Waals surface area contributed by atoms with E-state index in [-0.39, 0.29) is 11.6 Å². The van der Waals surface area contributed by atoms with Crippen molar-refractivity contribution < 1.29 is 8.91 Å². The molecule has 0 saturated heterocycles. The molecule has 0 fully saturated rings. The first-order chi connectivity index (χ1) is 11.8. The lowest BCUT2D eigenvalue weighted by Gasteiger charge is -2.33. The zero-order valence-corrected chi connectivity index (χ0v) is 15.4. The van der Waals surface area contributed by atoms with Crippen molar-refractivity contribution >= 4 is 11.8 Å². The molecule has 0 bridgehead atoms. The number of carbonyl (C=O) groups excluding carboxylic acids is 1. The summed E-state index contributed by atoms with van der Waals surface area (Å²) in [6.07, 6.45) is 0. The van der Waals surface area contributed by atoms with Crippen LogP contribution in [-0.2, 0) is 0 Å². The van der Waals surface area contributed by atoms with Crippen molar-refractivity contribution in [1.82, 2.24) is 14.8 Å². The quantitative estimate of drug-likeness (QED) is 0.806. The van der Waals surface area contributed by atoms with E-state index in [9.17, 15) is 4.79 Å². The molecule has 0 saturated carbocycles. The molecule has 0 aliphatic rings. The van der Waals surface area contributed by atoms with Crippen LogP contribution in [0.4, 0.5) is 10.6 Å². The average molecular weight is 323 g/mol. The first-order valence-electron chi connectivity index (χ1n) is 9.58. The highest BCUT2D eigenvalue weighted by molar-refractivity contribution is 5.90. The molecule has 0 atom stereocenters. The lowest BCUT2D eigenvalue weighted by molar-refractivity contribution is 0.177. The van der Waals surface area contributed by atoms with Crippen LogP contribution in [0.5, 0.6) is 0 Å². The van der Waals surface area contributed by atoms with E-state index >= 15 is 0 Å². The minimum absolute atomic E-state index is 0.195. The van der Waals surface area contributed by atoms with Crippen molar-refractivity contribution in [3.63, 3.8) is 0 Å². The Hall–Kier alpha value is -1.62. The zero-order valence-electron chi connectivity index (χ0n) is 18.4. The van der Waals surface area contributed by atoms with Gasteiger partial charge >= 0.3 is 6.03 Å². The van der Waals surface area contributed by atoms with Gasteiger partial charge in [0.25, 0.3) is 0 Å². The highest BCUT2D eigenvalue weighted by Crippen LogP contribution is 2.17. The molecule has 0 aromatic carbocycles. The summed E-state index contributed by atoms with van der Waals surface area (Å²) in [5, 5.41) is 0. The molecule has 0 aliphatic carbocycles. The molecule has 1 aromatic rings. The van der Waals surface area contributed by atoms with E-state index in [0.29, 0.717) is 36.7 Å². The Bertz CT molecular complexity index is 607. The molecular formula is C18H32N4O. The number of hydrogen-bond acceptors (Lipinski definition) is 3. The third-order valence-electron chi connectivity index (χ3n) is 3.74. The molecule has 1 rings (SSSR count). The van der Waals surface area contributed by atoms with Crippen molar-refractivity contribution in [3.05, 3.63) is 23.4 Å². The molecule has 0 aliphatic heterocycles. The van der Waals surface area contributed by atoms with Crippen LogP contribution in [-0.4, -0.2) is 60.1 Å². The van der Waals surface area contributed by atoms with Gasteiger partial charge in [0.2, 0.25) is 0 Å². The molecule has 0 radical (unpaired) electrons. The van der Waals surface area contributed by atoms with Gasteiger partial charge < -0.3 is 4.90 Å². The Morgan fingerprint density at radius 3 is 2.26 bits per heavy atom. The van der Waals surface area contributed by atoms with Crippen LogP contribution in [0.1, 0.15) is 43.1 Å². The summed E-state index contributed by atoms with van der Waals surface area (Å²) >= 11 is 0. The smallest absolute Gasteiger partial charge is 0.325 e. The minimum atomic E-state index is -2.24. The predicted octanol–water partition coefficient (Wildman–Crippen LogP) is 3.31. The molecule has 0 N–H and O–H groups in total. The number of urea groups is 1. The van der Waals surface area contributed by atoms with Gasteiger partial charge in [-0.1, -0.05) is 0 Å². The summed E-state index contributed by atoms with van der Waals surface area (Å²) in [6.45, 7) is 9.09. The van der Waals surface area contributed by atoms with Crippen LogP contribution >= 0.6 is 0 Å². The van der Waals surface area contributed by atoms with Gasteiger partial charge in [0.15, 0.2) is 0 Å². The maximum atomic E-state index is 12.7. The van der Waals surface area contributed by atoms with Gasteiger partial charge in [-0.05, 0) is 59.2 Å². The van der Waals surface area contributed by atoms with E-state index in [1.807, 2.05) is 0 Å². The van der Waals surface area contributed by atoms with Crippen molar-refractivity contribution in [3.8, 4) is 0 Å². The van der Waals surface area contributed by atoms with Crippen LogP contribution in [0, 0.1) is 13.8 Å². The molecule has 0 spiro atoms. The summed E-state index contributed by atoms with van der Waals surface area (Å²) < 4.78 is 23.0. The van der Waals surface area contributed by atoms with Gasteiger partial charge in [0.05, 0.1) is 0 Å². The minimum Gasteiger partial charge on any atom is -0.330 e. The number of pyridine rings is 1. The molecule has 5 nitrogen and oxygen atoms in total. The second-order valence-electron chi connectivity index (χ2n) is 6.61. The summed E-state index contributed by atoms with van der Waals surface area (Å²) in [4.78, 5) is 22.5. The van der Waals surface area contributed by atoms with E-state index in [4.69, 9.17) is 4.11 Å². The van der Waals surface area contributed by atoms with Gasteiger partial charge in [0, 0.05) is 49.1 Å². The Kier molecular flexibility index (Phi) is 5.39. The van der Waals surface area contributed by atoms with E-state index in [1.165, 1.54) is 11.0 Å². The van der Waals surface area contributed by atoms with E-state index in [1.54, 1.807) is 32.0 Å². The van der Waals surface area contributed by atoms with E-state index in [2.05, 4.69) is 37.6 Å². The van der Waals surface area contributed by atoms with E-state index < -0.39 is 6.85 Å². The van der Waals surface area contributed by atoms with Gasteiger partial charge in [-0.2, -0.15) is 0 Å². The van der Waals surface area contributed by atoms with E-state index in [0.717, 1.165) is 0 Å². The number of amides is 2. The first kappa shape index (κ1) is 14.9. The summed E-state index contributed by atoms with van der Waals surface area (Å²) in [6, 6.07) is 3.51. The maximum Gasteiger partial charge on any atom is 0.325 e. The average Bonchev–Trinajstić information content (AvgIpc) is 2.48. The third-order valence-corrected chi connectivity index (χ3v) is 3.74. The Balaban J connectivity index is 3.23. The second-order valence-corrected chi connectivity index (χ2v) is 6.61. The summed E-state index contributed by atoms with van der Waals surface area (Å²) in [5.74, 6) is 0.377. The number of rotatable bonds is 6. The summed E-state index contributed by atoms with van der Waals surface area (Å²) in [7, 11) is 3.36. The topological polar surface area (TPSA) is 39.7 Å². The molecule has 23 heavy (non-hydrogen) atoms. The first-order valence-corrected chi connectivity index (χ1v) is 8.08. The van der Waals surface area contributed by atoms with Crippen LogP contribution in [0.15, 0.2) is 12.1 Å². The Labute approximate surface area is 145 Å². The fourth-order valence-corrected chi connectivity index (χ4v) is 2.67. The van der Waals surface area contributed by atoms with Crippen LogP contribution < -0.4 is 4.90 Å². The molecule has 130 valence electrons. The second kappa shape index (κ2) is 8.29. The van der Waals surface area contributed by atoms with Crippen molar-refractivity contribution in [2.24, 2.45) is 0 Å². The van der Waals surface area contributed by atoms with Crippen molar-refractivity contribution in [2.75, 3.05) is 32.1 Å². The molecule has 1 heterocycles. The molecule has 0 unspecified atom stereocenters. The van der Waals surface area contributed by atoms with Crippen LogP contribution in [0.2, 0.25) is 0 Å². The number of hydrogen-bond donors (Lipinski definition) is 0. The van der Waals surface area contributed by atoms with Gasteiger partial charge in [-0.15, -0.1) is 0 Å². The fraction of sp³-hybridized carbons (Fsp3) is 0.667. The predicted molar refractivity (Wildman–Crippen MR) is 97.1 cm³/mol. The monoisotopic (exact) mass is 323 g/mol. The fourth-order valence-electron chi connectivity index (χ4n) is 2.67. The highest BCUT2D eigenvalue weighted by Gasteiger charge is 2.22. The number of aromatic nitrogens is 1. The molecule has 2 amide bonds. The number of anilines is 1.